The Labute approximate surface area is 129 Å². The number of nitrogens with zero attached hydrogens (tertiary/aromatic N) is 2. The van der Waals surface area contributed by atoms with Gasteiger partial charge in [0.05, 0.1) is 12.6 Å². The van der Waals surface area contributed by atoms with E-state index in [2.05, 4.69) is 0 Å². The summed E-state index contributed by atoms with van der Waals surface area (Å²) in [5.41, 5.74) is 0.987. The van der Waals surface area contributed by atoms with Crippen molar-refractivity contribution in [1.82, 2.24) is 4.90 Å². The Balaban J connectivity index is 2.14. The van der Waals surface area contributed by atoms with Crippen LogP contribution >= 0.6 is 0 Å². The van der Waals surface area contributed by atoms with Crippen molar-refractivity contribution in [3.8, 4) is 11.8 Å². The van der Waals surface area contributed by atoms with Crippen molar-refractivity contribution in [3.63, 3.8) is 0 Å². The molecule has 0 fully saturated rings. The number of hydrogen-bond donors (Lipinski definition) is 1. The predicted octanol–water partition coefficient (Wildman–Crippen LogP) is 2.37. The molecule has 0 radical (unpaired) electrons. The Morgan fingerprint density at radius 2 is 2.23 bits per heavy atom. The van der Waals surface area contributed by atoms with E-state index in [4.69, 9.17) is 14.7 Å². The van der Waals surface area contributed by atoms with Gasteiger partial charge in [-0.25, -0.2) is 4.79 Å². The topological polar surface area (TPSA) is 82.8 Å². The zero-order valence-corrected chi connectivity index (χ0v) is 13.0. The Morgan fingerprint density at radius 3 is 2.86 bits per heavy atom. The number of benzene rings is 1. The zero-order valence-electron chi connectivity index (χ0n) is 13.0. The largest absolute Gasteiger partial charge is 0.479 e. The molecule has 1 unspecified atom stereocenters. The molecule has 1 aromatic carbocycles. The summed E-state index contributed by atoms with van der Waals surface area (Å²) in [4.78, 5) is 13.6. The van der Waals surface area contributed by atoms with Gasteiger partial charge in [-0.15, -0.1) is 0 Å². The summed E-state index contributed by atoms with van der Waals surface area (Å²) >= 11 is 0. The number of carbonyl (C=O) groups excluding carboxylic acids is 1. The van der Waals surface area contributed by atoms with Crippen LogP contribution in [-0.2, 0) is 11.3 Å². The van der Waals surface area contributed by atoms with E-state index < -0.39 is 17.8 Å². The normalized spacial score (nSPS) is 17.4. The van der Waals surface area contributed by atoms with Gasteiger partial charge in [0.2, 0.25) is 0 Å². The molecule has 1 amide bonds. The van der Waals surface area contributed by atoms with Gasteiger partial charge in [0, 0.05) is 6.54 Å². The monoisotopic (exact) mass is 304 g/mol. The second kappa shape index (κ2) is 6.24. The van der Waals surface area contributed by atoms with Gasteiger partial charge in [-0.1, -0.05) is 6.07 Å². The highest BCUT2D eigenvalue weighted by Gasteiger charge is 2.30. The van der Waals surface area contributed by atoms with Crippen molar-refractivity contribution in [1.29, 1.82) is 5.26 Å². The summed E-state index contributed by atoms with van der Waals surface area (Å²) in [7, 11) is 0. The third-order valence-electron chi connectivity index (χ3n) is 3.19. The lowest BCUT2D eigenvalue weighted by Gasteiger charge is -2.33. The Bertz CT molecular complexity index is 601. The average Bonchev–Trinajstić information content (AvgIpc) is 2.43. The molecule has 0 bridgehead atoms. The van der Waals surface area contributed by atoms with Crippen LogP contribution in [-0.4, -0.2) is 34.9 Å². The Kier molecular flexibility index (Phi) is 4.57. The molecule has 0 saturated carbocycles. The van der Waals surface area contributed by atoms with Gasteiger partial charge in [-0.3, -0.25) is 0 Å². The molecule has 0 aromatic heterocycles. The molecule has 6 heteroatoms. The molecule has 1 aliphatic rings. The first-order valence-electron chi connectivity index (χ1n) is 7.09. The number of rotatable bonds is 2. The van der Waals surface area contributed by atoms with E-state index in [9.17, 15) is 9.90 Å². The Morgan fingerprint density at radius 1 is 1.50 bits per heavy atom. The first-order chi connectivity index (χ1) is 10.3. The fourth-order valence-corrected chi connectivity index (χ4v) is 2.28. The second-order valence-electron chi connectivity index (χ2n) is 6.18. The van der Waals surface area contributed by atoms with Crippen LogP contribution in [0.15, 0.2) is 18.2 Å². The van der Waals surface area contributed by atoms with Crippen molar-refractivity contribution in [2.75, 3.05) is 13.2 Å². The van der Waals surface area contributed by atoms with Crippen molar-refractivity contribution >= 4 is 6.09 Å². The molecule has 6 nitrogen and oxygen atoms in total. The second-order valence-corrected chi connectivity index (χ2v) is 6.18. The number of carbonyl (C=O) groups is 1. The highest BCUT2D eigenvalue weighted by atomic mass is 16.6. The minimum atomic E-state index is -0.804. The number of amides is 1. The van der Waals surface area contributed by atoms with E-state index in [1.807, 2.05) is 6.07 Å². The van der Waals surface area contributed by atoms with Gasteiger partial charge in [-0.2, -0.15) is 5.26 Å². The average molecular weight is 304 g/mol. The van der Waals surface area contributed by atoms with E-state index in [0.29, 0.717) is 12.3 Å². The van der Waals surface area contributed by atoms with E-state index >= 15 is 0 Å². The minimum absolute atomic E-state index is 0.0427. The Hall–Kier alpha value is -2.26. The SMILES string of the molecule is CC(C)(C)OC(=O)N1Cc2ccc(OCC#N)cc2C(O)C1. The number of aliphatic hydroxyl groups excluding tert-OH is 1. The van der Waals surface area contributed by atoms with Crippen molar-refractivity contribution < 1.29 is 19.4 Å². The number of aliphatic hydroxyl groups is 1. The molecule has 1 N–H and O–H groups in total. The van der Waals surface area contributed by atoms with Crippen LogP contribution in [0.1, 0.15) is 38.0 Å². The third-order valence-corrected chi connectivity index (χ3v) is 3.19. The lowest BCUT2D eigenvalue weighted by Crippen LogP contribution is -2.41. The van der Waals surface area contributed by atoms with Gasteiger partial charge in [0.25, 0.3) is 0 Å². The van der Waals surface area contributed by atoms with Gasteiger partial charge in [-0.05, 0) is 44.0 Å². The van der Waals surface area contributed by atoms with Gasteiger partial charge >= 0.3 is 6.09 Å². The van der Waals surface area contributed by atoms with Crippen molar-refractivity contribution in [3.05, 3.63) is 29.3 Å². The van der Waals surface area contributed by atoms with Crippen LogP contribution in [0, 0.1) is 11.3 Å². The van der Waals surface area contributed by atoms with Crippen LogP contribution in [0.4, 0.5) is 4.79 Å². The van der Waals surface area contributed by atoms with Crippen molar-refractivity contribution in [2.45, 2.75) is 39.0 Å². The summed E-state index contributed by atoms with van der Waals surface area (Å²) < 4.78 is 10.6. The molecule has 1 aliphatic heterocycles. The first kappa shape index (κ1) is 16.1. The third kappa shape index (κ3) is 3.89. The molecule has 2 rings (SSSR count). The van der Waals surface area contributed by atoms with Crippen molar-refractivity contribution in [2.24, 2.45) is 0 Å². The van der Waals surface area contributed by atoms with Gasteiger partial charge in [0.1, 0.15) is 17.4 Å². The van der Waals surface area contributed by atoms with Crippen LogP contribution in [0.5, 0.6) is 5.75 Å². The summed E-state index contributed by atoms with van der Waals surface area (Å²) in [6.07, 6.45) is -1.25. The molecular formula is C16H20N2O4. The van der Waals surface area contributed by atoms with Crippen LogP contribution in [0.2, 0.25) is 0 Å². The summed E-state index contributed by atoms with van der Waals surface area (Å²) in [5.74, 6) is 0.532. The standard InChI is InChI=1S/C16H20N2O4/c1-16(2,3)22-15(20)18-9-11-4-5-12(21-7-6-17)8-13(11)14(19)10-18/h4-5,8,14,19H,7,9-10H2,1-3H3. The molecule has 118 valence electrons. The van der Waals surface area contributed by atoms with Gasteiger partial charge < -0.3 is 19.5 Å². The lowest BCUT2D eigenvalue weighted by molar-refractivity contribution is 0.00825. The fourth-order valence-electron chi connectivity index (χ4n) is 2.28. The molecule has 0 saturated heterocycles. The first-order valence-corrected chi connectivity index (χ1v) is 7.09. The number of β-amino-alcohol motifs (C(OH)–C–C–N with tert-alkyl or cyclic N) is 1. The van der Waals surface area contributed by atoms with Crippen LogP contribution in [0.25, 0.3) is 0 Å². The molecule has 1 atom stereocenters. The molecule has 0 spiro atoms. The maximum absolute atomic E-state index is 12.1. The number of ether oxygens (including phenoxy) is 2. The smallest absolute Gasteiger partial charge is 0.410 e. The zero-order chi connectivity index (χ0) is 16.3. The number of nitriles is 1. The van der Waals surface area contributed by atoms with E-state index in [-0.39, 0.29) is 13.2 Å². The van der Waals surface area contributed by atoms with E-state index in [1.165, 1.54) is 4.90 Å². The molecule has 1 heterocycles. The summed E-state index contributed by atoms with van der Waals surface area (Å²) in [6.45, 7) is 5.91. The molecule has 1 aromatic rings. The van der Waals surface area contributed by atoms with E-state index in [1.54, 1.807) is 39.0 Å². The number of fused-ring (bicyclic) bond motifs is 1. The molecule has 22 heavy (non-hydrogen) atoms. The van der Waals surface area contributed by atoms with E-state index in [0.717, 1.165) is 11.1 Å². The highest BCUT2D eigenvalue weighted by molar-refractivity contribution is 5.69. The molecular weight excluding hydrogens is 284 g/mol. The predicted molar refractivity (Wildman–Crippen MR) is 79.2 cm³/mol. The summed E-state index contributed by atoms with van der Waals surface area (Å²) in [5, 5.41) is 18.8. The number of hydrogen-bond acceptors (Lipinski definition) is 5. The summed E-state index contributed by atoms with van der Waals surface area (Å²) in [6, 6.07) is 7.13. The lowest BCUT2D eigenvalue weighted by atomic mass is 9.97. The maximum atomic E-state index is 12.1. The van der Waals surface area contributed by atoms with Crippen LogP contribution in [0.3, 0.4) is 0 Å². The van der Waals surface area contributed by atoms with Gasteiger partial charge in [0.15, 0.2) is 6.61 Å². The quantitative estimate of drug-likeness (QED) is 0.907. The fraction of sp³-hybridized carbons (Fsp3) is 0.500. The highest BCUT2D eigenvalue weighted by Crippen LogP contribution is 2.30. The maximum Gasteiger partial charge on any atom is 0.410 e. The molecule has 0 aliphatic carbocycles. The minimum Gasteiger partial charge on any atom is -0.479 e. The van der Waals surface area contributed by atoms with Crippen LogP contribution < -0.4 is 4.74 Å².